The van der Waals surface area contributed by atoms with Gasteiger partial charge in [-0.1, -0.05) is 19.1 Å². The van der Waals surface area contributed by atoms with Crippen LogP contribution in [0.25, 0.3) is 0 Å². The highest BCUT2D eigenvalue weighted by molar-refractivity contribution is 5.84. The van der Waals surface area contributed by atoms with Gasteiger partial charge < -0.3 is 10.1 Å². The Balaban J connectivity index is 2.83. The maximum absolute atomic E-state index is 12.9. The monoisotopic (exact) mass is 293 g/mol. The average Bonchev–Trinajstić information content (AvgIpc) is 2.44. The number of alkyl halides is 4. The number of ether oxygens (including phenoxy) is 1. The van der Waals surface area contributed by atoms with Crippen LogP contribution >= 0.6 is 0 Å². The molecular formula is C13H15F4NO2. The van der Waals surface area contributed by atoms with Gasteiger partial charge in [0.25, 0.3) is 5.91 Å². The molecule has 1 aromatic carbocycles. The number of hydrogen-bond acceptors (Lipinski definition) is 2. The normalized spacial score (nSPS) is 13.2. The van der Waals surface area contributed by atoms with Gasteiger partial charge in [0.15, 0.2) is 0 Å². The molecule has 1 rings (SSSR count). The summed E-state index contributed by atoms with van der Waals surface area (Å²) in [6.07, 6.45) is -3.74. The molecule has 7 heteroatoms. The Bertz CT molecular complexity index is 448. The summed E-state index contributed by atoms with van der Waals surface area (Å²) in [6.45, 7) is 1.65. The fourth-order valence-electron chi connectivity index (χ4n) is 1.61. The van der Waals surface area contributed by atoms with E-state index < -0.39 is 24.3 Å². The van der Waals surface area contributed by atoms with Crippen LogP contribution in [0.3, 0.4) is 0 Å². The maximum atomic E-state index is 12.9. The van der Waals surface area contributed by atoms with E-state index in [9.17, 15) is 22.4 Å². The van der Waals surface area contributed by atoms with Gasteiger partial charge in [0, 0.05) is 0 Å². The molecule has 0 fully saturated rings. The van der Waals surface area contributed by atoms with Crippen molar-refractivity contribution in [2.75, 3.05) is 7.11 Å². The van der Waals surface area contributed by atoms with Crippen LogP contribution in [0.2, 0.25) is 0 Å². The largest absolute Gasteiger partial charge is 0.497 e. The van der Waals surface area contributed by atoms with Crippen molar-refractivity contribution in [1.29, 1.82) is 0 Å². The molecule has 0 saturated heterocycles. The number of halogens is 4. The molecule has 112 valence electrons. The maximum Gasteiger partial charge on any atom is 0.383 e. The Morgan fingerprint density at radius 1 is 1.30 bits per heavy atom. The number of carbonyl (C=O) groups is 1. The lowest BCUT2D eigenvalue weighted by atomic mass is 10.0. The van der Waals surface area contributed by atoms with Crippen molar-refractivity contribution in [2.45, 2.75) is 31.7 Å². The lowest BCUT2D eigenvalue weighted by Gasteiger charge is -2.21. The topological polar surface area (TPSA) is 38.3 Å². The number of nitrogens with one attached hydrogen (secondary N) is 1. The Morgan fingerprint density at radius 2 is 1.85 bits per heavy atom. The van der Waals surface area contributed by atoms with E-state index in [1.54, 1.807) is 31.2 Å². The van der Waals surface area contributed by atoms with Crippen LogP contribution in [0.4, 0.5) is 17.6 Å². The van der Waals surface area contributed by atoms with Crippen LogP contribution < -0.4 is 10.1 Å². The first kappa shape index (κ1) is 16.3. The van der Waals surface area contributed by atoms with E-state index in [-0.39, 0.29) is 6.42 Å². The van der Waals surface area contributed by atoms with Gasteiger partial charge in [0.1, 0.15) is 5.75 Å². The fraction of sp³-hybridized carbons (Fsp3) is 0.462. The minimum atomic E-state index is -4.69. The van der Waals surface area contributed by atoms with Gasteiger partial charge in [-0.2, -0.15) is 8.78 Å². The SMILES string of the molecule is CCC(NC(=O)C(F)(F)C(F)F)c1ccc(OC)cc1. The Hall–Kier alpha value is -1.79. The van der Waals surface area contributed by atoms with E-state index in [0.29, 0.717) is 11.3 Å². The molecule has 1 atom stereocenters. The van der Waals surface area contributed by atoms with Gasteiger partial charge in [-0.3, -0.25) is 4.79 Å². The first-order valence-corrected chi connectivity index (χ1v) is 5.93. The third-order valence-electron chi connectivity index (χ3n) is 2.81. The first-order chi connectivity index (χ1) is 9.32. The predicted molar refractivity (Wildman–Crippen MR) is 65.1 cm³/mol. The summed E-state index contributed by atoms with van der Waals surface area (Å²) in [6, 6.07) is 5.57. The third kappa shape index (κ3) is 3.61. The third-order valence-corrected chi connectivity index (χ3v) is 2.81. The summed E-state index contributed by atoms with van der Waals surface area (Å²) in [5, 5.41) is 1.93. The number of carbonyl (C=O) groups excluding carboxylic acids is 1. The van der Waals surface area contributed by atoms with Gasteiger partial charge in [0.05, 0.1) is 13.2 Å². The molecule has 0 heterocycles. The van der Waals surface area contributed by atoms with Gasteiger partial charge in [-0.25, -0.2) is 8.78 Å². The molecule has 0 aliphatic carbocycles. The van der Waals surface area contributed by atoms with Crippen LogP contribution in [0.5, 0.6) is 5.75 Å². The van der Waals surface area contributed by atoms with E-state index in [1.165, 1.54) is 7.11 Å². The molecule has 0 saturated carbocycles. The number of benzene rings is 1. The summed E-state index contributed by atoms with van der Waals surface area (Å²) >= 11 is 0. The second-order valence-electron chi connectivity index (χ2n) is 4.13. The number of rotatable bonds is 6. The summed E-state index contributed by atoms with van der Waals surface area (Å²) in [4.78, 5) is 11.2. The predicted octanol–water partition coefficient (Wildman–Crippen LogP) is 3.16. The van der Waals surface area contributed by atoms with Gasteiger partial charge >= 0.3 is 12.3 Å². The van der Waals surface area contributed by atoms with Crippen LogP contribution in [-0.4, -0.2) is 25.4 Å². The first-order valence-electron chi connectivity index (χ1n) is 5.93. The molecule has 1 aromatic rings. The van der Waals surface area contributed by atoms with Crippen molar-refractivity contribution in [1.82, 2.24) is 5.32 Å². The zero-order valence-electron chi connectivity index (χ0n) is 11.0. The van der Waals surface area contributed by atoms with Crippen molar-refractivity contribution >= 4 is 5.91 Å². The van der Waals surface area contributed by atoms with E-state index in [0.717, 1.165) is 0 Å². The Labute approximate surface area is 113 Å². The van der Waals surface area contributed by atoms with Crippen LogP contribution in [0.15, 0.2) is 24.3 Å². The van der Waals surface area contributed by atoms with Crippen LogP contribution in [0, 0.1) is 0 Å². The number of methoxy groups -OCH3 is 1. The highest BCUT2D eigenvalue weighted by Crippen LogP contribution is 2.26. The summed E-state index contributed by atoms with van der Waals surface area (Å²) in [7, 11) is 1.47. The molecule has 20 heavy (non-hydrogen) atoms. The molecule has 1 amide bonds. The second kappa shape index (κ2) is 6.58. The second-order valence-corrected chi connectivity index (χ2v) is 4.13. The molecule has 0 radical (unpaired) electrons. The van der Waals surface area contributed by atoms with E-state index in [4.69, 9.17) is 4.74 Å². The van der Waals surface area contributed by atoms with Crippen molar-refractivity contribution in [3.8, 4) is 5.75 Å². The molecule has 0 spiro atoms. The molecule has 1 unspecified atom stereocenters. The molecule has 3 nitrogen and oxygen atoms in total. The summed E-state index contributed by atoms with van der Waals surface area (Å²) in [5.74, 6) is -6.11. The van der Waals surface area contributed by atoms with Crippen molar-refractivity contribution in [3.05, 3.63) is 29.8 Å². The Morgan fingerprint density at radius 3 is 2.25 bits per heavy atom. The molecule has 0 aromatic heterocycles. The highest BCUT2D eigenvalue weighted by Gasteiger charge is 2.49. The van der Waals surface area contributed by atoms with Gasteiger partial charge in [-0.15, -0.1) is 0 Å². The van der Waals surface area contributed by atoms with Crippen LogP contribution in [-0.2, 0) is 4.79 Å². The Kier molecular flexibility index (Phi) is 5.35. The van der Waals surface area contributed by atoms with E-state index in [1.807, 2.05) is 5.32 Å². The van der Waals surface area contributed by atoms with E-state index in [2.05, 4.69) is 0 Å². The number of hydrogen-bond donors (Lipinski definition) is 1. The summed E-state index contributed by atoms with van der Waals surface area (Å²) in [5.41, 5.74) is 0.534. The standard InChI is InChI=1S/C13H15F4NO2/c1-3-10(8-4-6-9(20-2)7-5-8)18-12(19)13(16,17)11(14)15/h4-7,10-11H,3H2,1-2H3,(H,18,19). The quantitative estimate of drug-likeness (QED) is 0.818. The minimum Gasteiger partial charge on any atom is -0.497 e. The lowest BCUT2D eigenvalue weighted by molar-refractivity contribution is -0.170. The zero-order valence-corrected chi connectivity index (χ0v) is 11.0. The van der Waals surface area contributed by atoms with Crippen LogP contribution in [0.1, 0.15) is 24.9 Å². The average molecular weight is 293 g/mol. The summed E-state index contributed by atoms with van der Waals surface area (Å²) < 4.78 is 54.9. The smallest absolute Gasteiger partial charge is 0.383 e. The van der Waals surface area contributed by atoms with Crippen molar-refractivity contribution in [3.63, 3.8) is 0 Å². The van der Waals surface area contributed by atoms with Crippen molar-refractivity contribution in [2.24, 2.45) is 0 Å². The molecule has 1 N–H and O–H groups in total. The number of amides is 1. The minimum absolute atomic E-state index is 0.289. The molecular weight excluding hydrogens is 278 g/mol. The van der Waals surface area contributed by atoms with Gasteiger partial charge in [-0.05, 0) is 24.1 Å². The fourth-order valence-corrected chi connectivity index (χ4v) is 1.61. The zero-order chi connectivity index (χ0) is 15.3. The van der Waals surface area contributed by atoms with Gasteiger partial charge in [0.2, 0.25) is 0 Å². The molecule has 0 aliphatic heterocycles. The molecule has 0 aliphatic rings. The lowest BCUT2D eigenvalue weighted by Crippen LogP contribution is -2.46. The van der Waals surface area contributed by atoms with E-state index >= 15 is 0 Å². The van der Waals surface area contributed by atoms with Crippen molar-refractivity contribution < 1.29 is 27.1 Å². The highest BCUT2D eigenvalue weighted by atomic mass is 19.3. The molecule has 0 bridgehead atoms.